The first kappa shape index (κ1) is 41.0. The molecule has 5 N–H and O–H groups in total. The van der Waals surface area contributed by atoms with Crippen molar-refractivity contribution in [1.82, 2.24) is 4.98 Å². The molecule has 0 aliphatic carbocycles. The molecule has 0 aliphatic heterocycles. The summed E-state index contributed by atoms with van der Waals surface area (Å²) in [5.74, 6) is 0.500. The first-order chi connectivity index (χ1) is 25.7. The summed E-state index contributed by atoms with van der Waals surface area (Å²) in [4.78, 5) is 30.3. The van der Waals surface area contributed by atoms with Crippen LogP contribution in [0.5, 0.6) is 11.5 Å². The van der Waals surface area contributed by atoms with Gasteiger partial charge in [0.2, 0.25) is 0 Å². The van der Waals surface area contributed by atoms with E-state index in [0.717, 1.165) is 62.5 Å². The van der Waals surface area contributed by atoms with Crippen LogP contribution in [0, 0.1) is 5.92 Å². The number of aliphatic hydroxyl groups excluding tert-OH is 2. The summed E-state index contributed by atoms with van der Waals surface area (Å²) in [5, 5.41) is 30.5. The highest BCUT2D eigenvalue weighted by atomic mass is 16.5. The predicted octanol–water partition coefficient (Wildman–Crippen LogP) is 7.80. The van der Waals surface area contributed by atoms with E-state index in [9.17, 15) is 24.9 Å². The second-order valence-electron chi connectivity index (χ2n) is 14.0. The van der Waals surface area contributed by atoms with Crippen molar-refractivity contribution in [3.05, 3.63) is 124 Å². The monoisotopic (exact) mass is 720 g/mol. The highest BCUT2D eigenvalue weighted by Crippen LogP contribution is 2.35. The highest BCUT2D eigenvalue weighted by Gasteiger charge is 2.18. The summed E-state index contributed by atoms with van der Waals surface area (Å²) in [6, 6.07) is 24.2. The predicted molar refractivity (Wildman–Crippen MR) is 212 cm³/mol. The number of allylic oxidation sites excluding steroid dienone is 1. The van der Waals surface area contributed by atoms with Gasteiger partial charge in [0.05, 0.1) is 20.1 Å². The van der Waals surface area contributed by atoms with Gasteiger partial charge in [-0.05, 0) is 126 Å². The summed E-state index contributed by atoms with van der Waals surface area (Å²) in [6.45, 7) is 1.86. The molecule has 0 spiro atoms. The number of hydrogen-bond acceptors (Lipinski definition) is 8. The van der Waals surface area contributed by atoms with E-state index in [2.05, 4.69) is 60.4 Å². The third kappa shape index (κ3) is 13.3. The number of pyridine rings is 1. The number of aryl methyl sites for hydroxylation is 4. The van der Waals surface area contributed by atoms with Crippen LogP contribution in [0.3, 0.4) is 0 Å². The van der Waals surface area contributed by atoms with E-state index in [-0.39, 0.29) is 36.1 Å². The van der Waals surface area contributed by atoms with Gasteiger partial charge in [-0.1, -0.05) is 80.8 Å². The molecule has 0 fully saturated rings. The smallest absolute Gasteiger partial charge is 0.163 e. The van der Waals surface area contributed by atoms with Crippen molar-refractivity contribution >= 4 is 23.0 Å². The fourth-order valence-electron chi connectivity index (χ4n) is 7.06. The third-order valence-electron chi connectivity index (χ3n) is 9.87. The Hall–Kier alpha value is -4.79. The summed E-state index contributed by atoms with van der Waals surface area (Å²) in [5.41, 5.74) is 13.5. The lowest BCUT2D eigenvalue weighted by molar-refractivity contribution is -0.124. The van der Waals surface area contributed by atoms with Crippen molar-refractivity contribution in [3.63, 3.8) is 0 Å². The third-order valence-corrected chi connectivity index (χ3v) is 9.87. The van der Waals surface area contributed by atoms with Gasteiger partial charge in [0.15, 0.2) is 17.3 Å². The number of nitrogen functional groups attached to an aromatic ring is 1. The Kier molecular flexibility index (Phi) is 16.8. The van der Waals surface area contributed by atoms with E-state index >= 15 is 0 Å². The number of phenolic OH excluding ortho intramolecular Hbond substituents is 1. The van der Waals surface area contributed by atoms with Crippen molar-refractivity contribution in [3.8, 4) is 11.5 Å². The van der Waals surface area contributed by atoms with E-state index in [0.29, 0.717) is 54.1 Å². The van der Waals surface area contributed by atoms with Gasteiger partial charge in [0, 0.05) is 19.2 Å². The number of methoxy groups -OCH3 is 1. The Morgan fingerprint density at radius 2 is 1.53 bits per heavy atom. The first-order valence-corrected chi connectivity index (χ1v) is 18.9. The average molecular weight is 721 g/mol. The molecule has 4 aromatic rings. The fourth-order valence-corrected chi connectivity index (χ4v) is 7.06. The van der Waals surface area contributed by atoms with E-state index in [1.165, 1.54) is 29.9 Å². The molecule has 8 nitrogen and oxygen atoms in total. The second kappa shape index (κ2) is 21.7. The number of aliphatic hydroxyl groups is 2. The van der Waals surface area contributed by atoms with Crippen LogP contribution >= 0.6 is 0 Å². The number of aromatic nitrogens is 1. The number of nitrogens with two attached hydrogens (primary N) is 1. The molecular formula is C45H56N2O6. The van der Waals surface area contributed by atoms with Gasteiger partial charge in [0.25, 0.3) is 0 Å². The quantitative estimate of drug-likeness (QED) is 0.0449. The zero-order chi connectivity index (χ0) is 38.0. The number of carbonyl (C=O) groups is 2. The van der Waals surface area contributed by atoms with Crippen LogP contribution in [0.15, 0.2) is 85.1 Å². The van der Waals surface area contributed by atoms with Crippen molar-refractivity contribution in [1.29, 1.82) is 0 Å². The topological polar surface area (TPSA) is 143 Å². The Balaban J connectivity index is 1.48. The van der Waals surface area contributed by atoms with Crippen LogP contribution in [0.4, 0.5) is 5.82 Å². The maximum atomic E-state index is 13.1. The number of rotatable bonds is 23. The molecule has 1 aromatic heterocycles. The molecule has 1 heterocycles. The second-order valence-corrected chi connectivity index (χ2v) is 14.0. The number of carbonyl (C=O) groups excluding carboxylic acids is 2. The molecular weight excluding hydrogens is 665 g/mol. The van der Waals surface area contributed by atoms with Crippen LogP contribution in [-0.4, -0.2) is 52.2 Å². The molecule has 0 aliphatic rings. The molecule has 0 saturated carbocycles. The maximum Gasteiger partial charge on any atom is 0.163 e. The van der Waals surface area contributed by atoms with Crippen molar-refractivity contribution in [2.45, 2.75) is 90.4 Å². The molecule has 3 aromatic carbocycles. The first-order valence-electron chi connectivity index (χ1n) is 18.9. The van der Waals surface area contributed by atoms with Crippen LogP contribution in [0.25, 0.3) is 5.57 Å². The molecule has 1 atom stereocenters. The summed E-state index contributed by atoms with van der Waals surface area (Å²) in [6.07, 6.45) is 12.4. The number of anilines is 1. The molecule has 0 unspecified atom stereocenters. The van der Waals surface area contributed by atoms with Crippen LogP contribution in [0.2, 0.25) is 0 Å². The minimum atomic E-state index is -0.447. The number of Topliss-reactive ketones (excluding diaryl/α,β-unsaturated/α-hetero) is 1. The minimum Gasteiger partial charge on any atom is -0.504 e. The lowest BCUT2D eigenvalue weighted by atomic mass is 9.90. The van der Waals surface area contributed by atoms with Gasteiger partial charge in [-0.15, -0.1) is 0 Å². The molecule has 8 heteroatoms. The summed E-state index contributed by atoms with van der Waals surface area (Å²) in [7, 11) is 1.44. The molecule has 0 saturated heterocycles. The molecule has 53 heavy (non-hydrogen) atoms. The number of aromatic hydroxyl groups is 1. The molecule has 0 radical (unpaired) electrons. The number of nitrogens with zero attached hydrogens (tertiary/aromatic N) is 1. The van der Waals surface area contributed by atoms with Gasteiger partial charge in [-0.3, -0.25) is 9.59 Å². The average Bonchev–Trinajstić information content (AvgIpc) is 3.16. The highest BCUT2D eigenvalue weighted by molar-refractivity contribution is 6.07. The zero-order valence-electron chi connectivity index (χ0n) is 31.4. The molecule has 282 valence electrons. The Bertz CT molecular complexity index is 1800. The lowest BCUT2D eigenvalue weighted by Crippen LogP contribution is -2.09. The van der Waals surface area contributed by atoms with E-state index in [1.807, 2.05) is 12.1 Å². The number of benzene rings is 3. The van der Waals surface area contributed by atoms with Gasteiger partial charge in [-0.2, -0.15) is 0 Å². The molecule has 4 rings (SSSR count). The Morgan fingerprint density at radius 1 is 0.830 bits per heavy atom. The number of ketones is 2. The van der Waals surface area contributed by atoms with Gasteiger partial charge < -0.3 is 25.8 Å². The largest absolute Gasteiger partial charge is 0.504 e. The maximum absolute atomic E-state index is 13.1. The normalized spacial score (nSPS) is 12.1. The summed E-state index contributed by atoms with van der Waals surface area (Å²) < 4.78 is 5.40. The summed E-state index contributed by atoms with van der Waals surface area (Å²) >= 11 is 0. The van der Waals surface area contributed by atoms with E-state index < -0.39 is 6.61 Å². The van der Waals surface area contributed by atoms with Crippen LogP contribution < -0.4 is 10.5 Å². The SMILES string of the molecule is CCC[C@H](CCCO)CCCC(=O)CC(=O)/C=C(\CO)c1cc(OC)c(O)cc1Cc1cnc(N)cc1CCc1cccc(CCc2ccccc2)c1. The molecule has 0 bridgehead atoms. The standard InChI is InChI=1S/C45H56N2O6/c1-3-10-32(16-9-22-48)13-8-17-40(50)28-41(51)25-39(31-49)42-29-44(53-2)43(52)26-37(42)24-38-30-47-45(46)27-36(38)21-20-35-15-7-14-34(23-35)19-18-33-11-5-4-6-12-33/h4-7,11-12,14-15,23,25-27,29-30,32,48-49,52H,3,8-10,13,16-22,24,28,31H2,1-2H3,(H2,46,47)/b39-25+/t32-/m0/s1. The Labute approximate surface area is 314 Å². The number of ether oxygens (including phenoxy) is 1. The van der Waals surface area contributed by atoms with Crippen LogP contribution in [0.1, 0.15) is 97.2 Å². The van der Waals surface area contributed by atoms with Crippen molar-refractivity contribution in [2.24, 2.45) is 5.92 Å². The zero-order valence-corrected chi connectivity index (χ0v) is 31.4. The van der Waals surface area contributed by atoms with Crippen molar-refractivity contribution < 1.29 is 29.6 Å². The fraction of sp³-hybridized carbons (Fsp3) is 0.400. The lowest BCUT2D eigenvalue weighted by Gasteiger charge is -2.17. The number of hydrogen-bond donors (Lipinski definition) is 4. The van der Waals surface area contributed by atoms with E-state index in [1.54, 1.807) is 18.3 Å². The van der Waals surface area contributed by atoms with Gasteiger partial charge >= 0.3 is 0 Å². The van der Waals surface area contributed by atoms with E-state index in [4.69, 9.17) is 10.5 Å². The van der Waals surface area contributed by atoms with Crippen molar-refractivity contribution in [2.75, 3.05) is 26.1 Å². The Morgan fingerprint density at radius 3 is 2.23 bits per heavy atom. The molecule has 0 amide bonds. The van der Waals surface area contributed by atoms with Gasteiger partial charge in [-0.25, -0.2) is 4.98 Å². The number of phenols is 1. The van der Waals surface area contributed by atoms with Gasteiger partial charge in [0.1, 0.15) is 11.6 Å². The van der Waals surface area contributed by atoms with Crippen LogP contribution in [-0.2, 0) is 41.7 Å². The minimum absolute atomic E-state index is 0.0670.